The van der Waals surface area contributed by atoms with E-state index in [4.69, 9.17) is 0 Å². The van der Waals surface area contributed by atoms with Crippen LogP contribution in [0.1, 0.15) is 29.1 Å². The fraction of sp³-hybridized carbons (Fsp3) is 0.357. The van der Waals surface area contributed by atoms with Gasteiger partial charge >= 0.3 is 0 Å². The lowest BCUT2D eigenvalue weighted by Gasteiger charge is -2.20. The first-order valence-corrected chi connectivity index (χ1v) is 7.76. The summed E-state index contributed by atoms with van der Waals surface area (Å²) in [6.45, 7) is 5.26. The van der Waals surface area contributed by atoms with E-state index in [9.17, 15) is 0 Å². The van der Waals surface area contributed by atoms with Crippen LogP contribution in [0.3, 0.4) is 0 Å². The number of rotatable bonds is 5. The van der Waals surface area contributed by atoms with Crippen molar-refractivity contribution in [3.05, 3.63) is 50.4 Å². The predicted octanol–water partition coefficient (Wildman–Crippen LogP) is 4.11. The first-order chi connectivity index (χ1) is 8.72. The molecular weight excluding hydrogens is 308 g/mol. The maximum absolute atomic E-state index is 4.38. The zero-order valence-corrected chi connectivity index (χ0v) is 13.0. The Kier molecular flexibility index (Phi) is 4.92. The molecular formula is C14H17BrN2S. The van der Waals surface area contributed by atoms with E-state index in [2.05, 4.69) is 58.3 Å². The lowest BCUT2D eigenvalue weighted by atomic mass is 9.99. The van der Waals surface area contributed by atoms with Crippen LogP contribution in [0, 0.1) is 6.92 Å². The van der Waals surface area contributed by atoms with Crippen molar-refractivity contribution in [2.24, 2.45) is 0 Å². The quantitative estimate of drug-likeness (QED) is 0.895. The second kappa shape index (κ2) is 6.45. The molecule has 1 atom stereocenters. The largest absolute Gasteiger partial charge is 0.310 e. The maximum atomic E-state index is 4.38. The SMILES string of the molecule is CCNC(Cc1nccs1)c1cccc(Br)c1C. The zero-order chi connectivity index (χ0) is 13.0. The molecule has 0 amide bonds. The number of nitrogens with zero attached hydrogens (tertiary/aromatic N) is 1. The van der Waals surface area contributed by atoms with Crippen LogP contribution >= 0.6 is 27.3 Å². The van der Waals surface area contributed by atoms with E-state index < -0.39 is 0 Å². The molecule has 0 spiro atoms. The molecule has 2 rings (SSSR count). The summed E-state index contributed by atoms with van der Waals surface area (Å²) >= 11 is 5.32. The third-order valence-corrected chi connectivity index (χ3v) is 4.66. The molecule has 0 saturated carbocycles. The Balaban J connectivity index is 2.26. The molecule has 0 aliphatic heterocycles. The van der Waals surface area contributed by atoms with Crippen molar-refractivity contribution in [2.45, 2.75) is 26.3 Å². The fourth-order valence-electron chi connectivity index (χ4n) is 2.07. The summed E-state index contributed by atoms with van der Waals surface area (Å²) in [6.07, 6.45) is 2.82. The van der Waals surface area contributed by atoms with E-state index in [1.165, 1.54) is 20.6 Å². The van der Waals surface area contributed by atoms with E-state index in [0.717, 1.165) is 13.0 Å². The van der Waals surface area contributed by atoms with Gasteiger partial charge in [-0.2, -0.15) is 0 Å². The van der Waals surface area contributed by atoms with Crippen LogP contribution < -0.4 is 5.32 Å². The highest BCUT2D eigenvalue weighted by molar-refractivity contribution is 9.10. The number of halogens is 1. The molecule has 1 unspecified atom stereocenters. The zero-order valence-electron chi connectivity index (χ0n) is 10.6. The van der Waals surface area contributed by atoms with Gasteiger partial charge in [0.05, 0.1) is 5.01 Å². The van der Waals surface area contributed by atoms with E-state index in [1.54, 1.807) is 11.3 Å². The molecule has 0 aliphatic rings. The molecule has 1 heterocycles. The summed E-state index contributed by atoms with van der Waals surface area (Å²) < 4.78 is 1.17. The van der Waals surface area contributed by atoms with Crippen molar-refractivity contribution in [2.75, 3.05) is 6.54 Å². The molecule has 2 aromatic rings. The number of hydrogen-bond donors (Lipinski definition) is 1. The number of nitrogens with one attached hydrogen (secondary N) is 1. The van der Waals surface area contributed by atoms with Crippen LogP contribution in [-0.4, -0.2) is 11.5 Å². The minimum atomic E-state index is 0.332. The van der Waals surface area contributed by atoms with Crippen molar-refractivity contribution in [1.29, 1.82) is 0 Å². The van der Waals surface area contributed by atoms with Gasteiger partial charge in [0.1, 0.15) is 0 Å². The summed E-state index contributed by atoms with van der Waals surface area (Å²) in [5, 5.41) is 6.77. The topological polar surface area (TPSA) is 24.9 Å². The molecule has 96 valence electrons. The van der Waals surface area contributed by atoms with E-state index in [0.29, 0.717) is 6.04 Å². The maximum Gasteiger partial charge on any atom is 0.0943 e. The number of thiazole rings is 1. The second-order valence-electron chi connectivity index (χ2n) is 4.19. The number of benzene rings is 1. The Morgan fingerprint density at radius 2 is 2.28 bits per heavy atom. The highest BCUT2D eigenvalue weighted by Gasteiger charge is 2.15. The molecule has 0 aliphatic carbocycles. The van der Waals surface area contributed by atoms with Crippen molar-refractivity contribution in [3.8, 4) is 0 Å². The predicted molar refractivity (Wildman–Crippen MR) is 81.1 cm³/mol. The lowest BCUT2D eigenvalue weighted by Crippen LogP contribution is -2.23. The fourth-order valence-corrected chi connectivity index (χ4v) is 3.11. The first kappa shape index (κ1) is 13.7. The van der Waals surface area contributed by atoms with E-state index in [1.807, 2.05) is 11.6 Å². The van der Waals surface area contributed by atoms with Crippen molar-refractivity contribution < 1.29 is 0 Å². The molecule has 1 aromatic carbocycles. The van der Waals surface area contributed by atoms with Crippen LogP contribution in [0.5, 0.6) is 0 Å². The van der Waals surface area contributed by atoms with Gasteiger partial charge in [-0.15, -0.1) is 11.3 Å². The standard InChI is InChI=1S/C14H17BrN2S/c1-3-16-13(9-14-17-7-8-18-14)11-5-4-6-12(15)10(11)2/h4-8,13,16H,3,9H2,1-2H3. The Morgan fingerprint density at radius 3 is 2.94 bits per heavy atom. The molecule has 0 bridgehead atoms. The van der Waals surface area contributed by atoms with Crippen LogP contribution in [0.15, 0.2) is 34.2 Å². The Bertz CT molecular complexity index is 497. The van der Waals surface area contributed by atoms with Crippen molar-refractivity contribution in [1.82, 2.24) is 10.3 Å². The third-order valence-electron chi connectivity index (χ3n) is 3.00. The second-order valence-corrected chi connectivity index (χ2v) is 6.03. The minimum Gasteiger partial charge on any atom is -0.310 e. The summed E-state index contributed by atoms with van der Waals surface area (Å²) in [6, 6.07) is 6.71. The highest BCUT2D eigenvalue weighted by Crippen LogP contribution is 2.27. The summed E-state index contributed by atoms with van der Waals surface area (Å²) in [7, 11) is 0. The molecule has 0 radical (unpaired) electrons. The minimum absolute atomic E-state index is 0.332. The van der Waals surface area contributed by atoms with Gasteiger partial charge in [0, 0.05) is 28.5 Å². The van der Waals surface area contributed by atoms with Gasteiger partial charge < -0.3 is 5.32 Å². The van der Waals surface area contributed by atoms with Crippen molar-refractivity contribution in [3.63, 3.8) is 0 Å². The van der Waals surface area contributed by atoms with Crippen LogP contribution in [0.2, 0.25) is 0 Å². The normalized spacial score (nSPS) is 12.6. The number of hydrogen-bond acceptors (Lipinski definition) is 3. The van der Waals surface area contributed by atoms with Crippen molar-refractivity contribution >= 4 is 27.3 Å². The molecule has 4 heteroatoms. The van der Waals surface area contributed by atoms with Gasteiger partial charge in [0.2, 0.25) is 0 Å². The summed E-state index contributed by atoms with van der Waals surface area (Å²) in [5.41, 5.74) is 2.65. The number of aromatic nitrogens is 1. The Morgan fingerprint density at radius 1 is 1.44 bits per heavy atom. The smallest absolute Gasteiger partial charge is 0.0943 e. The van der Waals surface area contributed by atoms with Gasteiger partial charge in [-0.25, -0.2) is 4.98 Å². The average molecular weight is 325 g/mol. The summed E-state index contributed by atoms with van der Waals surface area (Å²) in [4.78, 5) is 4.38. The molecule has 1 N–H and O–H groups in total. The first-order valence-electron chi connectivity index (χ1n) is 6.09. The van der Waals surface area contributed by atoms with E-state index in [-0.39, 0.29) is 0 Å². The summed E-state index contributed by atoms with van der Waals surface area (Å²) in [5.74, 6) is 0. The number of likely N-dealkylation sites (N-methyl/N-ethyl adjacent to an activating group) is 1. The van der Waals surface area contributed by atoms with Crippen LogP contribution in [0.25, 0.3) is 0 Å². The van der Waals surface area contributed by atoms with Gasteiger partial charge in [0.25, 0.3) is 0 Å². The Labute approximate surface area is 121 Å². The average Bonchev–Trinajstić information content (AvgIpc) is 2.85. The molecule has 0 fully saturated rings. The van der Waals surface area contributed by atoms with Gasteiger partial charge in [-0.05, 0) is 30.7 Å². The van der Waals surface area contributed by atoms with Gasteiger partial charge in [-0.3, -0.25) is 0 Å². The molecule has 0 saturated heterocycles. The van der Waals surface area contributed by atoms with Crippen LogP contribution in [0.4, 0.5) is 0 Å². The molecule has 2 nitrogen and oxygen atoms in total. The third kappa shape index (κ3) is 3.19. The monoisotopic (exact) mass is 324 g/mol. The lowest BCUT2D eigenvalue weighted by molar-refractivity contribution is 0.546. The Hall–Kier alpha value is -0.710. The van der Waals surface area contributed by atoms with Crippen LogP contribution in [-0.2, 0) is 6.42 Å². The molecule has 1 aromatic heterocycles. The highest BCUT2D eigenvalue weighted by atomic mass is 79.9. The molecule has 18 heavy (non-hydrogen) atoms. The van der Waals surface area contributed by atoms with Gasteiger partial charge in [0.15, 0.2) is 0 Å². The van der Waals surface area contributed by atoms with Gasteiger partial charge in [-0.1, -0.05) is 35.0 Å². The van der Waals surface area contributed by atoms with E-state index >= 15 is 0 Å².